The molecule has 28 heavy (non-hydrogen) atoms. The molecule has 1 aliphatic rings. The number of carbonyl (C=O) groups excluding carboxylic acids is 1. The highest BCUT2D eigenvalue weighted by atomic mass is 16.5. The second-order valence-corrected chi connectivity index (χ2v) is 7.10. The van der Waals surface area contributed by atoms with Crippen LogP contribution in [0.1, 0.15) is 32.1 Å². The number of rotatable bonds is 6. The number of nitrogens with zero attached hydrogens (tertiary/aromatic N) is 2. The average molecular weight is 377 g/mol. The summed E-state index contributed by atoms with van der Waals surface area (Å²) in [5.74, 6) is 0.681. The normalized spacial score (nSPS) is 14.3. The van der Waals surface area contributed by atoms with E-state index in [1.807, 2.05) is 42.5 Å². The van der Waals surface area contributed by atoms with Crippen LogP contribution < -0.4 is 15.5 Å². The molecule has 0 unspecified atom stereocenters. The molecule has 1 N–H and O–H groups in total. The number of fused-ring (bicyclic) bond motifs is 1. The minimum absolute atomic E-state index is 0.109. The third kappa shape index (κ3) is 4.22. The van der Waals surface area contributed by atoms with Gasteiger partial charge in [0, 0.05) is 23.6 Å². The van der Waals surface area contributed by atoms with E-state index >= 15 is 0 Å². The lowest BCUT2D eigenvalue weighted by atomic mass is 10.2. The molecule has 0 atom stereocenters. The van der Waals surface area contributed by atoms with Crippen molar-refractivity contribution in [2.75, 3.05) is 5.32 Å². The molecule has 1 aromatic heterocycles. The number of anilines is 1. The zero-order valence-electron chi connectivity index (χ0n) is 15.6. The smallest absolute Gasteiger partial charge is 0.226 e. The molecule has 1 saturated carbocycles. The van der Waals surface area contributed by atoms with Crippen LogP contribution in [0.3, 0.4) is 0 Å². The predicted molar refractivity (Wildman–Crippen MR) is 109 cm³/mol. The summed E-state index contributed by atoms with van der Waals surface area (Å²) in [7, 11) is 0. The Labute approximate surface area is 163 Å². The topological polar surface area (TPSA) is 73.2 Å². The Morgan fingerprint density at radius 2 is 1.96 bits per heavy atom. The zero-order chi connectivity index (χ0) is 19.3. The van der Waals surface area contributed by atoms with Gasteiger partial charge in [0.1, 0.15) is 5.75 Å². The number of nitrogens with one attached hydrogen (secondary N) is 1. The first-order valence-electron chi connectivity index (χ1n) is 9.70. The Hall–Kier alpha value is -3.15. The van der Waals surface area contributed by atoms with Crippen LogP contribution in [0.25, 0.3) is 10.9 Å². The molecule has 1 heterocycles. The van der Waals surface area contributed by atoms with Gasteiger partial charge in [0.15, 0.2) is 0 Å². The van der Waals surface area contributed by atoms with Crippen LogP contribution in [0.5, 0.6) is 5.75 Å². The van der Waals surface area contributed by atoms with Crippen molar-refractivity contribution in [3.05, 3.63) is 65.0 Å². The Bertz CT molecular complexity index is 1040. The quantitative estimate of drug-likeness (QED) is 0.710. The van der Waals surface area contributed by atoms with Crippen LogP contribution in [0.4, 0.5) is 5.69 Å². The minimum Gasteiger partial charge on any atom is -0.490 e. The van der Waals surface area contributed by atoms with E-state index in [2.05, 4.69) is 10.4 Å². The van der Waals surface area contributed by atoms with Crippen molar-refractivity contribution >= 4 is 22.5 Å². The summed E-state index contributed by atoms with van der Waals surface area (Å²) in [4.78, 5) is 24.3. The van der Waals surface area contributed by atoms with E-state index < -0.39 is 0 Å². The zero-order valence-corrected chi connectivity index (χ0v) is 15.6. The van der Waals surface area contributed by atoms with Gasteiger partial charge in [-0.15, -0.1) is 0 Å². The van der Waals surface area contributed by atoms with E-state index in [4.69, 9.17) is 4.74 Å². The first kappa shape index (κ1) is 18.2. The lowest BCUT2D eigenvalue weighted by molar-refractivity contribution is -0.116. The van der Waals surface area contributed by atoms with Crippen LogP contribution in [-0.2, 0) is 11.3 Å². The molecule has 0 radical (unpaired) electrons. The Morgan fingerprint density at radius 3 is 2.82 bits per heavy atom. The van der Waals surface area contributed by atoms with E-state index in [1.165, 1.54) is 19.0 Å². The summed E-state index contributed by atoms with van der Waals surface area (Å²) in [5, 5.41) is 7.68. The predicted octanol–water partition coefficient (Wildman–Crippen LogP) is 3.75. The van der Waals surface area contributed by atoms with E-state index in [1.54, 1.807) is 10.7 Å². The maximum Gasteiger partial charge on any atom is 0.226 e. The molecule has 2 aromatic carbocycles. The number of hydrogen-bond acceptors (Lipinski definition) is 4. The highest BCUT2D eigenvalue weighted by molar-refractivity contribution is 5.91. The van der Waals surface area contributed by atoms with E-state index in [-0.39, 0.29) is 23.9 Å². The number of carbonyl (C=O) groups is 1. The highest BCUT2D eigenvalue weighted by Gasteiger charge is 2.16. The van der Waals surface area contributed by atoms with E-state index in [0.29, 0.717) is 11.9 Å². The van der Waals surface area contributed by atoms with Crippen molar-refractivity contribution in [3.8, 4) is 5.75 Å². The monoisotopic (exact) mass is 377 g/mol. The first-order valence-corrected chi connectivity index (χ1v) is 9.70. The standard InChI is InChI=1S/C22H23N3O3/c26-21-15-23-25(20-11-4-3-10-19(20)21)13-12-22(27)24-16-6-5-9-18(14-16)28-17-7-1-2-8-17/h3-6,9-11,14-15,17H,1-2,7-8,12-13H2,(H,24,27). The summed E-state index contributed by atoms with van der Waals surface area (Å²) >= 11 is 0. The van der Waals surface area contributed by atoms with Crippen molar-refractivity contribution in [2.45, 2.75) is 44.8 Å². The lowest BCUT2D eigenvalue weighted by Gasteiger charge is -2.14. The van der Waals surface area contributed by atoms with Crippen molar-refractivity contribution in [3.63, 3.8) is 0 Å². The van der Waals surface area contributed by atoms with Crippen molar-refractivity contribution in [1.29, 1.82) is 0 Å². The van der Waals surface area contributed by atoms with Crippen LogP contribution in [-0.4, -0.2) is 21.8 Å². The largest absolute Gasteiger partial charge is 0.490 e. The van der Waals surface area contributed by atoms with E-state index in [9.17, 15) is 9.59 Å². The van der Waals surface area contributed by atoms with E-state index in [0.717, 1.165) is 29.8 Å². The molecule has 4 rings (SSSR count). The summed E-state index contributed by atoms with van der Waals surface area (Å²) in [6.07, 6.45) is 6.46. The third-order valence-electron chi connectivity index (χ3n) is 5.04. The van der Waals surface area contributed by atoms with Gasteiger partial charge in [0.25, 0.3) is 0 Å². The Balaban J connectivity index is 1.39. The molecule has 1 amide bonds. The van der Waals surface area contributed by atoms with Gasteiger partial charge in [-0.25, -0.2) is 0 Å². The van der Waals surface area contributed by atoms with Gasteiger partial charge in [-0.05, 0) is 49.9 Å². The summed E-state index contributed by atoms with van der Waals surface area (Å²) in [6, 6.07) is 14.8. The lowest BCUT2D eigenvalue weighted by Crippen LogP contribution is -2.18. The molecule has 0 spiro atoms. The fraction of sp³-hybridized carbons (Fsp3) is 0.318. The Kier molecular flexibility index (Phi) is 5.37. The molecule has 1 aliphatic carbocycles. The van der Waals surface area contributed by atoms with Crippen LogP contribution in [0.2, 0.25) is 0 Å². The number of amides is 1. The van der Waals surface area contributed by atoms with Crippen molar-refractivity contribution in [1.82, 2.24) is 9.78 Å². The fourth-order valence-corrected chi connectivity index (χ4v) is 3.62. The molecular weight excluding hydrogens is 354 g/mol. The van der Waals surface area contributed by atoms with Gasteiger partial charge in [-0.1, -0.05) is 18.2 Å². The summed E-state index contributed by atoms with van der Waals surface area (Å²) in [5.41, 5.74) is 1.34. The molecule has 6 heteroatoms. The van der Waals surface area contributed by atoms with Crippen molar-refractivity contribution < 1.29 is 9.53 Å². The number of aromatic nitrogens is 2. The van der Waals surface area contributed by atoms with Crippen LogP contribution >= 0.6 is 0 Å². The molecule has 1 fully saturated rings. The number of benzene rings is 2. The number of hydrogen-bond donors (Lipinski definition) is 1. The molecule has 3 aromatic rings. The summed E-state index contributed by atoms with van der Waals surface area (Å²) in [6.45, 7) is 0.394. The number of para-hydroxylation sites is 1. The summed E-state index contributed by atoms with van der Waals surface area (Å²) < 4.78 is 7.68. The second kappa shape index (κ2) is 8.25. The van der Waals surface area contributed by atoms with Gasteiger partial charge in [-0.3, -0.25) is 14.3 Å². The average Bonchev–Trinajstić information content (AvgIpc) is 3.21. The fourth-order valence-electron chi connectivity index (χ4n) is 3.62. The SMILES string of the molecule is O=C(CCn1ncc(=O)c2ccccc21)Nc1cccc(OC2CCCC2)c1. The highest BCUT2D eigenvalue weighted by Crippen LogP contribution is 2.25. The molecule has 0 bridgehead atoms. The van der Waals surface area contributed by atoms with Gasteiger partial charge >= 0.3 is 0 Å². The van der Waals surface area contributed by atoms with Crippen LogP contribution in [0.15, 0.2) is 59.5 Å². The first-order chi connectivity index (χ1) is 13.7. The molecule has 0 aliphatic heterocycles. The Morgan fingerprint density at radius 1 is 1.14 bits per heavy atom. The minimum atomic E-state index is -0.115. The van der Waals surface area contributed by atoms with Gasteiger partial charge in [0.2, 0.25) is 11.3 Å². The van der Waals surface area contributed by atoms with Crippen LogP contribution in [0, 0.1) is 0 Å². The van der Waals surface area contributed by atoms with Gasteiger partial charge in [-0.2, -0.15) is 5.10 Å². The molecule has 144 valence electrons. The van der Waals surface area contributed by atoms with Crippen molar-refractivity contribution in [2.24, 2.45) is 0 Å². The maximum absolute atomic E-state index is 12.4. The number of aryl methyl sites for hydroxylation is 1. The molecule has 0 saturated heterocycles. The van der Waals surface area contributed by atoms with Gasteiger partial charge in [0.05, 0.1) is 24.4 Å². The second-order valence-electron chi connectivity index (χ2n) is 7.10. The van der Waals surface area contributed by atoms with Gasteiger partial charge < -0.3 is 10.1 Å². The maximum atomic E-state index is 12.4. The number of ether oxygens (including phenoxy) is 1. The molecular formula is C22H23N3O3. The molecule has 6 nitrogen and oxygen atoms in total. The third-order valence-corrected chi connectivity index (χ3v) is 5.04.